The molecule has 4 N–H and O–H groups in total. The highest BCUT2D eigenvalue weighted by atomic mass is 79.9. The van der Waals surface area contributed by atoms with Gasteiger partial charge in [-0.3, -0.25) is 4.79 Å². The lowest BCUT2D eigenvalue weighted by molar-refractivity contribution is -0.118. The molecule has 0 heterocycles. The van der Waals surface area contributed by atoms with Crippen LogP contribution in [0.5, 0.6) is 11.5 Å². The lowest BCUT2D eigenvalue weighted by Gasteiger charge is -2.13. The number of hydrogen-bond acceptors (Lipinski definition) is 4. The molecular formula is C11H15BrN2O3. The number of hydrogen-bond donors (Lipinski definition) is 2. The third kappa shape index (κ3) is 3.90. The van der Waals surface area contributed by atoms with Gasteiger partial charge in [-0.2, -0.15) is 0 Å². The summed E-state index contributed by atoms with van der Waals surface area (Å²) in [6.07, 6.45) is 0.161. The minimum atomic E-state index is -0.404. The number of primary amides is 1. The average Bonchev–Trinajstić information content (AvgIpc) is 2.30. The summed E-state index contributed by atoms with van der Waals surface area (Å²) in [5.41, 5.74) is 11.5. The zero-order valence-electron chi connectivity index (χ0n) is 9.53. The Kier molecular flexibility index (Phi) is 5.24. The minimum absolute atomic E-state index is 0.161. The molecule has 1 aromatic carbocycles. The molecule has 0 atom stereocenters. The highest BCUT2D eigenvalue weighted by Gasteiger charge is 2.11. The summed E-state index contributed by atoms with van der Waals surface area (Å²) in [4.78, 5) is 10.6. The number of carbonyl (C=O) groups is 1. The van der Waals surface area contributed by atoms with Gasteiger partial charge in [-0.05, 0) is 33.6 Å². The van der Waals surface area contributed by atoms with Crippen LogP contribution in [0.2, 0.25) is 0 Å². The van der Waals surface area contributed by atoms with Gasteiger partial charge in [0.05, 0.1) is 24.6 Å². The second-order valence-corrected chi connectivity index (χ2v) is 4.23. The van der Waals surface area contributed by atoms with Gasteiger partial charge in [-0.25, -0.2) is 0 Å². The Balaban J connectivity index is 2.86. The van der Waals surface area contributed by atoms with Crippen molar-refractivity contribution in [1.29, 1.82) is 0 Å². The first-order chi connectivity index (χ1) is 8.08. The third-order valence-corrected chi connectivity index (χ3v) is 2.71. The Morgan fingerprint density at radius 1 is 1.47 bits per heavy atom. The smallest absolute Gasteiger partial charge is 0.220 e. The number of benzene rings is 1. The van der Waals surface area contributed by atoms with Crippen LogP contribution in [0, 0.1) is 0 Å². The number of halogens is 1. The lowest BCUT2D eigenvalue weighted by atomic mass is 10.2. The molecule has 0 bridgehead atoms. The zero-order valence-corrected chi connectivity index (χ0v) is 11.1. The van der Waals surface area contributed by atoms with E-state index in [2.05, 4.69) is 15.9 Å². The van der Waals surface area contributed by atoms with Crippen molar-refractivity contribution >= 4 is 21.8 Å². The van der Waals surface area contributed by atoms with Crippen LogP contribution in [-0.4, -0.2) is 19.6 Å². The molecule has 1 amide bonds. The summed E-state index contributed by atoms with van der Waals surface area (Å²) in [7, 11) is 1.54. The maximum absolute atomic E-state index is 10.6. The fraction of sp³-hybridized carbons (Fsp3) is 0.364. The van der Waals surface area contributed by atoms with E-state index < -0.39 is 5.91 Å². The highest BCUT2D eigenvalue weighted by Crippen LogP contribution is 2.36. The average molecular weight is 303 g/mol. The molecule has 17 heavy (non-hydrogen) atoms. The first-order valence-corrected chi connectivity index (χ1v) is 5.85. The van der Waals surface area contributed by atoms with Crippen molar-refractivity contribution in [2.75, 3.05) is 13.7 Å². The van der Waals surface area contributed by atoms with Gasteiger partial charge in [-0.15, -0.1) is 0 Å². The van der Waals surface area contributed by atoms with Crippen LogP contribution in [0.1, 0.15) is 12.0 Å². The van der Waals surface area contributed by atoms with Crippen LogP contribution in [0.25, 0.3) is 0 Å². The predicted octanol–water partition coefficient (Wildman–Crippen LogP) is 1.17. The fourth-order valence-electron chi connectivity index (χ4n) is 1.28. The normalized spacial score (nSPS) is 10.1. The summed E-state index contributed by atoms with van der Waals surface area (Å²) >= 11 is 3.37. The second-order valence-electron chi connectivity index (χ2n) is 3.38. The van der Waals surface area contributed by atoms with Crippen LogP contribution < -0.4 is 20.9 Å². The Labute approximate surface area is 108 Å². The third-order valence-electron chi connectivity index (χ3n) is 2.12. The first kappa shape index (κ1) is 13.8. The number of ether oxygens (including phenoxy) is 2. The molecular weight excluding hydrogens is 288 g/mol. The van der Waals surface area contributed by atoms with Crippen molar-refractivity contribution in [2.45, 2.75) is 13.0 Å². The summed E-state index contributed by atoms with van der Waals surface area (Å²) in [6, 6.07) is 3.65. The Morgan fingerprint density at radius 3 is 2.71 bits per heavy atom. The van der Waals surface area contributed by atoms with Crippen LogP contribution >= 0.6 is 15.9 Å². The van der Waals surface area contributed by atoms with Crippen LogP contribution in [0.15, 0.2) is 16.6 Å². The van der Waals surface area contributed by atoms with Gasteiger partial charge < -0.3 is 20.9 Å². The molecule has 0 aliphatic heterocycles. The molecule has 94 valence electrons. The molecule has 1 aromatic rings. The summed E-state index contributed by atoms with van der Waals surface area (Å²) in [5, 5.41) is 0. The van der Waals surface area contributed by atoms with Gasteiger partial charge in [0, 0.05) is 6.54 Å². The molecule has 0 radical (unpaired) electrons. The van der Waals surface area contributed by atoms with E-state index >= 15 is 0 Å². The molecule has 0 fully saturated rings. The van der Waals surface area contributed by atoms with E-state index in [0.717, 1.165) is 10.0 Å². The van der Waals surface area contributed by atoms with Gasteiger partial charge in [0.25, 0.3) is 0 Å². The number of nitrogens with two attached hydrogens (primary N) is 2. The van der Waals surface area contributed by atoms with Crippen LogP contribution in [0.3, 0.4) is 0 Å². The fourth-order valence-corrected chi connectivity index (χ4v) is 1.89. The van der Waals surface area contributed by atoms with E-state index in [4.69, 9.17) is 20.9 Å². The Morgan fingerprint density at radius 2 is 2.18 bits per heavy atom. The van der Waals surface area contributed by atoms with Gasteiger partial charge in [0.2, 0.25) is 5.91 Å². The van der Waals surface area contributed by atoms with Crippen molar-refractivity contribution in [3.63, 3.8) is 0 Å². The first-order valence-electron chi connectivity index (χ1n) is 5.06. The molecule has 0 saturated heterocycles. The van der Waals surface area contributed by atoms with E-state index in [1.807, 2.05) is 6.07 Å². The molecule has 0 unspecified atom stereocenters. The molecule has 6 heteroatoms. The predicted molar refractivity (Wildman–Crippen MR) is 67.9 cm³/mol. The van der Waals surface area contributed by atoms with E-state index in [9.17, 15) is 4.79 Å². The van der Waals surface area contributed by atoms with E-state index in [-0.39, 0.29) is 13.0 Å². The molecule has 0 aliphatic carbocycles. The van der Waals surface area contributed by atoms with Gasteiger partial charge >= 0.3 is 0 Å². The SMILES string of the molecule is COc1cc(CN)cc(Br)c1OCCC(N)=O. The standard InChI is InChI=1S/C11H15BrN2O3/c1-16-9-5-7(6-13)4-8(12)11(9)17-3-2-10(14)15/h4-5H,2-3,6,13H2,1H3,(H2,14,15). The molecule has 0 spiro atoms. The monoisotopic (exact) mass is 302 g/mol. The van der Waals surface area contributed by atoms with E-state index in [0.29, 0.717) is 18.0 Å². The molecule has 0 aromatic heterocycles. The highest BCUT2D eigenvalue weighted by molar-refractivity contribution is 9.10. The maximum atomic E-state index is 10.6. The zero-order chi connectivity index (χ0) is 12.8. The maximum Gasteiger partial charge on any atom is 0.220 e. The Hall–Kier alpha value is -1.27. The summed E-state index contributed by atoms with van der Waals surface area (Å²) < 4.78 is 11.4. The van der Waals surface area contributed by atoms with E-state index in [1.54, 1.807) is 13.2 Å². The van der Waals surface area contributed by atoms with E-state index in [1.165, 1.54) is 0 Å². The van der Waals surface area contributed by atoms with Crippen molar-refractivity contribution < 1.29 is 14.3 Å². The van der Waals surface area contributed by atoms with Crippen molar-refractivity contribution in [3.05, 3.63) is 22.2 Å². The van der Waals surface area contributed by atoms with Crippen LogP contribution in [-0.2, 0) is 11.3 Å². The van der Waals surface area contributed by atoms with Gasteiger partial charge in [0.15, 0.2) is 11.5 Å². The molecule has 5 nitrogen and oxygen atoms in total. The largest absolute Gasteiger partial charge is 0.493 e. The lowest BCUT2D eigenvalue weighted by Crippen LogP contribution is -2.15. The topological polar surface area (TPSA) is 87.6 Å². The number of rotatable bonds is 6. The molecule has 0 aliphatic rings. The summed E-state index contributed by atoms with van der Waals surface area (Å²) in [6.45, 7) is 0.628. The van der Waals surface area contributed by atoms with Crippen molar-refractivity contribution in [2.24, 2.45) is 11.5 Å². The number of amides is 1. The molecule has 1 rings (SSSR count). The van der Waals surface area contributed by atoms with Crippen molar-refractivity contribution in [1.82, 2.24) is 0 Å². The van der Waals surface area contributed by atoms with Gasteiger partial charge in [0.1, 0.15) is 0 Å². The van der Waals surface area contributed by atoms with Crippen LogP contribution in [0.4, 0.5) is 0 Å². The van der Waals surface area contributed by atoms with Gasteiger partial charge in [-0.1, -0.05) is 0 Å². The number of carbonyl (C=O) groups excluding carboxylic acids is 1. The number of methoxy groups -OCH3 is 1. The molecule has 0 saturated carbocycles. The van der Waals surface area contributed by atoms with Crippen molar-refractivity contribution in [3.8, 4) is 11.5 Å². The Bertz CT molecular complexity index is 410. The summed E-state index contributed by atoms with van der Waals surface area (Å²) in [5.74, 6) is 0.717. The minimum Gasteiger partial charge on any atom is -0.493 e. The second kappa shape index (κ2) is 6.46. The quantitative estimate of drug-likeness (QED) is 0.826.